The number of aliphatic hydroxyl groups excluding tert-OH is 1. The van der Waals surface area contributed by atoms with E-state index in [0.717, 1.165) is 17.7 Å². The number of benzene rings is 1. The van der Waals surface area contributed by atoms with Gasteiger partial charge in [-0.2, -0.15) is 0 Å². The lowest BCUT2D eigenvalue weighted by Crippen LogP contribution is -2.27. The van der Waals surface area contributed by atoms with Gasteiger partial charge in [-0.1, -0.05) is 6.07 Å². The molecule has 0 unspecified atom stereocenters. The first-order valence-electron chi connectivity index (χ1n) is 3.98. The molecular formula is C9H11NO2. The molecule has 0 fully saturated rings. The Labute approximate surface area is 70.7 Å². The average molecular weight is 165 g/mol. The van der Waals surface area contributed by atoms with E-state index in [1.807, 2.05) is 6.07 Å². The van der Waals surface area contributed by atoms with E-state index >= 15 is 0 Å². The number of β-amino-alcohol motifs (C(OH)–C–C–N with tert-alkyl or cyclic N) is 1. The lowest BCUT2D eigenvalue weighted by Gasteiger charge is -2.22. The lowest BCUT2D eigenvalue weighted by atomic mass is 9.99. The van der Waals surface area contributed by atoms with Crippen molar-refractivity contribution in [2.24, 2.45) is 0 Å². The van der Waals surface area contributed by atoms with Gasteiger partial charge in [0.05, 0.1) is 6.10 Å². The molecule has 0 aliphatic carbocycles. The highest BCUT2D eigenvalue weighted by Gasteiger charge is 2.17. The van der Waals surface area contributed by atoms with E-state index in [2.05, 4.69) is 5.32 Å². The van der Waals surface area contributed by atoms with Crippen molar-refractivity contribution in [3.05, 3.63) is 29.3 Å². The molecule has 1 aliphatic heterocycles. The molecule has 2 rings (SSSR count). The van der Waals surface area contributed by atoms with Gasteiger partial charge in [-0.05, 0) is 23.3 Å². The quantitative estimate of drug-likeness (QED) is 0.525. The number of nitrogens with one attached hydrogen (secondary N) is 1. The third-order valence-electron chi connectivity index (χ3n) is 2.14. The largest absolute Gasteiger partial charge is 0.508 e. The van der Waals surface area contributed by atoms with E-state index in [9.17, 15) is 10.2 Å². The molecule has 3 heteroatoms. The Morgan fingerprint density at radius 1 is 1.42 bits per heavy atom. The number of hydrogen-bond donors (Lipinski definition) is 3. The second-order valence-corrected chi connectivity index (χ2v) is 3.03. The smallest absolute Gasteiger partial charge is 0.115 e. The molecule has 0 saturated heterocycles. The maximum atomic E-state index is 9.51. The van der Waals surface area contributed by atoms with E-state index in [1.54, 1.807) is 12.1 Å². The second-order valence-electron chi connectivity index (χ2n) is 3.03. The first-order valence-corrected chi connectivity index (χ1v) is 3.98. The van der Waals surface area contributed by atoms with Gasteiger partial charge in [0, 0.05) is 13.1 Å². The van der Waals surface area contributed by atoms with Crippen LogP contribution in [0.4, 0.5) is 0 Å². The van der Waals surface area contributed by atoms with Crippen LogP contribution in [0.15, 0.2) is 18.2 Å². The molecule has 3 N–H and O–H groups in total. The van der Waals surface area contributed by atoms with Crippen LogP contribution in [0.5, 0.6) is 5.75 Å². The molecule has 0 saturated carbocycles. The zero-order valence-corrected chi connectivity index (χ0v) is 6.62. The molecule has 0 spiro atoms. The Morgan fingerprint density at radius 2 is 2.25 bits per heavy atom. The minimum Gasteiger partial charge on any atom is -0.508 e. The van der Waals surface area contributed by atoms with Crippen LogP contribution in [-0.2, 0) is 6.54 Å². The maximum absolute atomic E-state index is 9.51. The van der Waals surface area contributed by atoms with Gasteiger partial charge in [0.25, 0.3) is 0 Å². The molecule has 3 nitrogen and oxygen atoms in total. The summed E-state index contributed by atoms with van der Waals surface area (Å²) in [7, 11) is 0. The van der Waals surface area contributed by atoms with Crippen LogP contribution in [-0.4, -0.2) is 16.8 Å². The van der Waals surface area contributed by atoms with Crippen LogP contribution in [0.3, 0.4) is 0 Å². The van der Waals surface area contributed by atoms with Gasteiger partial charge in [-0.25, -0.2) is 0 Å². The molecule has 12 heavy (non-hydrogen) atoms. The topological polar surface area (TPSA) is 52.5 Å². The molecule has 0 radical (unpaired) electrons. The normalized spacial score (nSPS) is 21.9. The van der Waals surface area contributed by atoms with E-state index in [-0.39, 0.29) is 5.75 Å². The first kappa shape index (κ1) is 7.58. The fourth-order valence-corrected chi connectivity index (χ4v) is 1.51. The van der Waals surface area contributed by atoms with Gasteiger partial charge in [0.15, 0.2) is 0 Å². The summed E-state index contributed by atoms with van der Waals surface area (Å²) in [6.45, 7) is 1.34. The van der Waals surface area contributed by atoms with Crippen molar-refractivity contribution in [2.45, 2.75) is 12.6 Å². The number of aromatic hydroxyl groups is 1. The standard InChI is InChI=1S/C9H11NO2/c11-7-2-1-6-4-10-5-9(12)8(6)3-7/h1-3,9-12H,4-5H2/t9-/m0/s1. The monoisotopic (exact) mass is 165 g/mol. The minimum absolute atomic E-state index is 0.217. The summed E-state index contributed by atoms with van der Waals surface area (Å²) >= 11 is 0. The second kappa shape index (κ2) is 2.77. The zero-order chi connectivity index (χ0) is 8.55. The highest BCUT2D eigenvalue weighted by Crippen LogP contribution is 2.25. The van der Waals surface area contributed by atoms with Crippen molar-refractivity contribution >= 4 is 0 Å². The predicted octanol–water partition coefficient (Wildman–Crippen LogP) is 0.529. The van der Waals surface area contributed by atoms with Crippen LogP contribution in [0.25, 0.3) is 0 Å². The molecule has 1 aromatic rings. The molecule has 0 bridgehead atoms. The summed E-state index contributed by atoms with van der Waals surface area (Å²) < 4.78 is 0. The fourth-order valence-electron chi connectivity index (χ4n) is 1.51. The summed E-state index contributed by atoms with van der Waals surface area (Å²) in [6.07, 6.45) is -0.485. The number of hydrogen-bond acceptors (Lipinski definition) is 3. The van der Waals surface area contributed by atoms with Gasteiger partial charge in [0.2, 0.25) is 0 Å². The molecule has 1 heterocycles. The average Bonchev–Trinajstić information content (AvgIpc) is 2.07. The van der Waals surface area contributed by atoms with Crippen LogP contribution in [0.2, 0.25) is 0 Å². The highest BCUT2D eigenvalue weighted by atomic mass is 16.3. The first-order chi connectivity index (χ1) is 5.77. The van der Waals surface area contributed by atoms with Gasteiger partial charge < -0.3 is 15.5 Å². The Kier molecular flexibility index (Phi) is 1.75. The van der Waals surface area contributed by atoms with Crippen molar-refractivity contribution < 1.29 is 10.2 Å². The Hall–Kier alpha value is -1.06. The Morgan fingerprint density at radius 3 is 3.08 bits per heavy atom. The van der Waals surface area contributed by atoms with E-state index in [0.29, 0.717) is 6.54 Å². The number of fused-ring (bicyclic) bond motifs is 1. The van der Waals surface area contributed by atoms with Crippen LogP contribution in [0.1, 0.15) is 17.2 Å². The van der Waals surface area contributed by atoms with Crippen LogP contribution in [0, 0.1) is 0 Å². The summed E-state index contributed by atoms with van der Waals surface area (Å²) in [6, 6.07) is 5.10. The van der Waals surface area contributed by atoms with Gasteiger partial charge in [-0.15, -0.1) is 0 Å². The van der Waals surface area contributed by atoms with Crippen molar-refractivity contribution in [1.82, 2.24) is 5.32 Å². The predicted molar refractivity (Wildman–Crippen MR) is 44.8 cm³/mol. The number of phenolic OH excluding ortho intramolecular Hbond substituents is 1. The summed E-state index contributed by atoms with van der Waals surface area (Å²) in [5, 5.41) is 21.8. The maximum Gasteiger partial charge on any atom is 0.115 e. The molecular weight excluding hydrogens is 154 g/mol. The summed E-state index contributed by atoms with van der Waals surface area (Å²) in [5.41, 5.74) is 1.90. The van der Waals surface area contributed by atoms with Gasteiger partial charge in [0.1, 0.15) is 5.75 Å². The van der Waals surface area contributed by atoms with Crippen molar-refractivity contribution in [3.8, 4) is 5.75 Å². The molecule has 0 amide bonds. The lowest BCUT2D eigenvalue weighted by molar-refractivity contribution is 0.164. The Balaban J connectivity index is 2.47. The number of phenols is 1. The van der Waals surface area contributed by atoms with Crippen LogP contribution < -0.4 is 5.32 Å². The fraction of sp³-hybridized carbons (Fsp3) is 0.333. The van der Waals surface area contributed by atoms with Crippen molar-refractivity contribution in [2.75, 3.05) is 6.54 Å². The Bertz CT molecular complexity index is 299. The van der Waals surface area contributed by atoms with Crippen LogP contribution >= 0.6 is 0 Å². The molecule has 0 aromatic heterocycles. The van der Waals surface area contributed by atoms with Gasteiger partial charge in [-0.3, -0.25) is 0 Å². The third-order valence-corrected chi connectivity index (χ3v) is 2.14. The number of rotatable bonds is 0. The highest BCUT2D eigenvalue weighted by molar-refractivity contribution is 5.37. The summed E-state index contributed by atoms with van der Waals surface area (Å²) in [4.78, 5) is 0. The van der Waals surface area contributed by atoms with Crippen molar-refractivity contribution in [3.63, 3.8) is 0 Å². The van der Waals surface area contributed by atoms with E-state index in [1.165, 1.54) is 0 Å². The SMILES string of the molecule is Oc1ccc2c(c1)[C@@H](O)CNC2. The van der Waals surface area contributed by atoms with E-state index in [4.69, 9.17) is 0 Å². The van der Waals surface area contributed by atoms with Crippen molar-refractivity contribution in [1.29, 1.82) is 0 Å². The molecule has 64 valence electrons. The minimum atomic E-state index is -0.485. The third kappa shape index (κ3) is 1.17. The molecule has 1 aliphatic rings. The van der Waals surface area contributed by atoms with Gasteiger partial charge >= 0.3 is 0 Å². The summed E-state index contributed by atoms with van der Waals surface area (Å²) in [5.74, 6) is 0.217. The number of aliphatic hydroxyl groups is 1. The molecule has 1 aromatic carbocycles. The molecule has 1 atom stereocenters. The zero-order valence-electron chi connectivity index (χ0n) is 6.62. The van der Waals surface area contributed by atoms with E-state index < -0.39 is 6.10 Å².